The molecule has 3 N–H and O–H groups in total. The summed E-state index contributed by atoms with van der Waals surface area (Å²) in [4.78, 5) is 12.8. The van der Waals surface area contributed by atoms with E-state index in [1.165, 1.54) is 0 Å². The van der Waals surface area contributed by atoms with E-state index >= 15 is 0 Å². The van der Waals surface area contributed by atoms with E-state index < -0.39 is 15.9 Å². The minimum absolute atomic E-state index is 0. The predicted octanol–water partition coefficient (Wildman–Crippen LogP) is 1.39. The Hall–Kier alpha value is -1.93. The van der Waals surface area contributed by atoms with Crippen molar-refractivity contribution in [1.29, 1.82) is 0 Å². The lowest BCUT2D eigenvalue weighted by Crippen LogP contribution is -2.34. The fraction of sp³-hybridized carbons (Fsp3) is 0.316. The van der Waals surface area contributed by atoms with Gasteiger partial charge in [0.25, 0.3) is 5.91 Å². The van der Waals surface area contributed by atoms with Gasteiger partial charge in [0.1, 0.15) is 0 Å². The Labute approximate surface area is 165 Å². The van der Waals surface area contributed by atoms with E-state index in [0.717, 1.165) is 0 Å². The highest BCUT2D eigenvalue weighted by Crippen LogP contribution is 2.19. The van der Waals surface area contributed by atoms with Gasteiger partial charge in [-0.25, -0.2) is 8.42 Å². The summed E-state index contributed by atoms with van der Waals surface area (Å²) in [5, 5.41) is 15.7. The first-order valence-corrected chi connectivity index (χ1v) is 10.2. The maximum atomic E-state index is 12.6. The summed E-state index contributed by atoms with van der Waals surface area (Å²) in [6, 6.07) is 14.9. The molecule has 8 heteroatoms. The number of benzene rings is 2. The number of carbonyl (C=O) groups excluding carboxylic acids is 1. The third kappa shape index (κ3) is 5.29. The molecule has 1 aliphatic rings. The van der Waals surface area contributed by atoms with E-state index in [9.17, 15) is 18.3 Å². The first-order chi connectivity index (χ1) is 12.5. The molecule has 6 nitrogen and oxygen atoms in total. The molecule has 0 aliphatic carbocycles. The zero-order valence-corrected chi connectivity index (χ0v) is 16.3. The number of halogens is 1. The van der Waals surface area contributed by atoms with E-state index in [0.29, 0.717) is 30.8 Å². The average molecular weight is 411 g/mol. The second-order valence-corrected chi connectivity index (χ2v) is 8.41. The standard InChI is InChI=1S/C19H22N2O4S.ClH/c22-18-12-20-10-15(18)11-21-19(23)17-9-5-4-6-14(17)13-26(24,25)16-7-2-1-3-8-16;/h1-9,15,18,20,22H,10-13H2,(H,21,23);1H. The maximum Gasteiger partial charge on any atom is 0.251 e. The van der Waals surface area contributed by atoms with Crippen LogP contribution in [0, 0.1) is 5.92 Å². The highest BCUT2D eigenvalue weighted by molar-refractivity contribution is 7.90. The van der Waals surface area contributed by atoms with Crippen molar-refractivity contribution in [2.75, 3.05) is 19.6 Å². The van der Waals surface area contributed by atoms with Crippen LogP contribution in [0.1, 0.15) is 15.9 Å². The molecule has 1 aliphatic heterocycles. The molecule has 1 saturated heterocycles. The van der Waals surface area contributed by atoms with E-state index in [-0.39, 0.29) is 34.9 Å². The smallest absolute Gasteiger partial charge is 0.251 e. The molecule has 0 spiro atoms. The second kappa shape index (κ2) is 9.32. The third-order valence-electron chi connectivity index (χ3n) is 4.54. The first-order valence-electron chi connectivity index (χ1n) is 8.50. The predicted molar refractivity (Wildman–Crippen MR) is 106 cm³/mol. The quantitative estimate of drug-likeness (QED) is 0.669. The molecule has 1 heterocycles. The van der Waals surface area contributed by atoms with Gasteiger partial charge in [0.15, 0.2) is 9.84 Å². The van der Waals surface area contributed by atoms with E-state index in [2.05, 4.69) is 10.6 Å². The lowest BCUT2D eigenvalue weighted by atomic mass is 10.1. The lowest BCUT2D eigenvalue weighted by molar-refractivity contribution is 0.0926. The van der Waals surface area contributed by atoms with Gasteiger partial charge in [0, 0.05) is 31.1 Å². The lowest BCUT2D eigenvalue weighted by Gasteiger charge is -2.15. The molecule has 1 amide bonds. The van der Waals surface area contributed by atoms with Gasteiger partial charge in [-0.2, -0.15) is 0 Å². The largest absolute Gasteiger partial charge is 0.391 e. The molecule has 27 heavy (non-hydrogen) atoms. The molecule has 2 atom stereocenters. The number of carbonyl (C=O) groups is 1. The van der Waals surface area contributed by atoms with E-state index in [4.69, 9.17) is 0 Å². The van der Waals surface area contributed by atoms with Gasteiger partial charge < -0.3 is 15.7 Å². The van der Waals surface area contributed by atoms with Crippen molar-refractivity contribution in [2.24, 2.45) is 5.92 Å². The minimum atomic E-state index is -3.54. The highest BCUT2D eigenvalue weighted by Gasteiger charge is 2.26. The van der Waals surface area contributed by atoms with Crippen molar-refractivity contribution in [3.8, 4) is 0 Å². The number of rotatable bonds is 6. The molecule has 2 aromatic carbocycles. The fourth-order valence-electron chi connectivity index (χ4n) is 3.03. The van der Waals surface area contributed by atoms with Gasteiger partial charge in [-0.15, -0.1) is 12.4 Å². The van der Waals surface area contributed by atoms with Crippen LogP contribution in [0.5, 0.6) is 0 Å². The molecular formula is C19H23ClN2O4S. The van der Waals surface area contributed by atoms with E-state index in [1.54, 1.807) is 54.6 Å². The number of aliphatic hydroxyl groups is 1. The van der Waals surface area contributed by atoms with Crippen LogP contribution in [0.4, 0.5) is 0 Å². The second-order valence-electron chi connectivity index (χ2n) is 6.42. The summed E-state index contributed by atoms with van der Waals surface area (Å²) in [5.41, 5.74) is 0.798. The van der Waals surface area contributed by atoms with Crippen LogP contribution in [0.3, 0.4) is 0 Å². The number of hydrogen-bond acceptors (Lipinski definition) is 5. The van der Waals surface area contributed by atoms with Crippen LogP contribution < -0.4 is 10.6 Å². The van der Waals surface area contributed by atoms with Crippen LogP contribution in [0.25, 0.3) is 0 Å². The number of aliphatic hydroxyl groups excluding tert-OH is 1. The van der Waals surface area contributed by atoms with Gasteiger partial charge in [-0.05, 0) is 23.8 Å². The van der Waals surface area contributed by atoms with Crippen molar-refractivity contribution < 1.29 is 18.3 Å². The number of nitrogens with one attached hydrogen (secondary N) is 2. The molecule has 3 rings (SSSR count). The zero-order chi connectivity index (χ0) is 18.6. The molecule has 1 fully saturated rings. The Morgan fingerprint density at radius 2 is 1.74 bits per heavy atom. The Balaban J connectivity index is 0.00000261. The Morgan fingerprint density at radius 1 is 1.07 bits per heavy atom. The van der Waals surface area contributed by atoms with Crippen molar-refractivity contribution in [2.45, 2.75) is 16.8 Å². The molecule has 0 saturated carbocycles. The summed E-state index contributed by atoms with van der Waals surface area (Å²) in [7, 11) is -3.54. The molecule has 0 aromatic heterocycles. The van der Waals surface area contributed by atoms with Gasteiger partial charge in [0.2, 0.25) is 0 Å². The maximum absolute atomic E-state index is 12.6. The molecule has 2 aromatic rings. The van der Waals surface area contributed by atoms with E-state index in [1.807, 2.05) is 0 Å². The monoisotopic (exact) mass is 410 g/mol. The van der Waals surface area contributed by atoms with Crippen molar-refractivity contribution in [3.05, 3.63) is 65.7 Å². The number of hydrogen-bond donors (Lipinski definition) is 3. The summed E-state index contributed by atoms with van der Waals surface area (Å²) < 4.78 is 25.2. The summed E-state index contributed by atoms with van der Waals surface area (Å²) in [6.45, 7) is 1.50. The first kappa shape index (κ1) is 21.4. The molecule has 146 valence electrons. The summed E-state index contributed by atoms with van der Waals surface area (Å²) in [6.07, 6.45) is -0.482. The topological polar surface area (TPSA) is 95.5 Å². The van der Waals surface area contributed by atoms with Gasteiger partial charge >= 0.3 is 0 Å². The van der Waals surface area contributed by atoms with Crippen LogP contribution in [0.15, 0.2) is 59.5 Å². The van der Waals surface area contributed by atoms with Gasteiger partial charge in [-0.1, -0.05) is 36.4 Å². The number of β-amino-alcohol motifs (C(OH)–C–C–N with tert-alkyl or cyclic N) is 1. The zero-order valence-electron chi connectivity index (χ0n) is 14.7. The SMILES string of the molecule is Cl.O=C(NCC1CNCC1O)c1ccccc1CS(=O)(=O)c1ccccc1. The normalized spacial score (nSPS) is 19.3. The van der Waals surface area contributed by atoms with Crippen molar-refractivity contribution in [1.82, 2.24) is 10.6 Å². The Kier molecular flexibility index (Phi) is 7.38. The van der Waals surface area contributed by atoms with Crippen LogP contribution in [-0.2, 0) is 15.6 Å². The third-order valence-corrected chi connectivity index (χ3v) is 6.22. The van der Waals surface area contributed by atoms with Crippen molar-refractivity contribution in [3.63, 3.8) is 0 Å². The Bertz CT molecular complexity index is 874. The summed E-state index contributed by atoms with van der Waals surface area (Å²) >= 11 is 0. The number of amides is 1. The average Bonchev–Trinajstić information content (AvgIpc) is 3.05. The molecule has 0 bridgehead atoms. The van der Waals surface area contributed by atoms with Crippen LogP contribution >= 0.6 is 12.4 Å². The number of sulfone groups is 1. The highest BCUT2D eigenvalue weighted by atomic mass is 35.5. The summed E-state index contributed by atoms with van der Waals surface area (Å²) in [5.74, 6) is -0.615. The van der Waals surface area contributed by atoms with Gasteiger partial charge in [0.05, 0.1) is 16.8 Å². The van der Waals surface area contributed by atoms with Gasteiger partial charge in [-0.3, -0.25) is 4.79 Å². The van der Waals surface area contributed by atoms with Crippen LogP contribution in [-0.4, -0.2) is 45.2 Å². The van der Waals surface area contributed by atoms with Crippen LogP contribution in [0.2, 0.25) is 0 Å². The minimum Gasteiger partial charge on any atom is -0.391 e. The van der Waals surface area contributed by atoms with Crippen molar-refractivity contribution >= 4 is 28.2 Å². The molecule has 0 radical (unpaired) electrons. The molecule has 2 unspecified atom stereocenters. The Morgan fingerprint density at radius 3 is 2.41 bits per heavy atom. The fourth-order valence-corrected chi connectivity index (χ4v) is 4.43. The molecular weight excluding hydrogens is 388 g/mol.